The molecule has 0 fully saturated rings. The molecule has 4 rings (SSSR count). The third-order valence-corrected chi connectivity index (χ3v) is 6.81. The third kappa shape index (κ3) is 3.93. The first-order valence-electron chi connectivity index (χ1n) is 10.5. The van der Waals surface area contributed by atoms with Crippen LogP contribution in [0.3, 0.4) is 0 Å². The average Bonchev–Trinajstić information content (AvgIpc) is 2.83. The molecule has 6 heteroatoms. The van der Waals surface area contributed by atoms with Crippen molar-refractivity contribution >= 4 is 33.1 Å². The Kier molecular flexibility index (Phi) is 5.54. The van der Waals surface area contributed by atoms with Gasteiger partial charge in [-0.15, -0.1) is 0 Å². The van der Waals surface area contributed by atoms with Gasteiger partial charge >= 0.3 is 0 Å². The number of allylic oxidation sites excluding steroid dienone is 1. The van der Waals surface area contributed by atoms with Gasteiger partial charge < -0.3 is 20.1 Å². The van der Waals surface area contributed by atoms with Crippen molar-refractivity contribution in [2.45, 2.75) is 46.6 Å². The van der Waals surface area contributed by atoms with E-state index in [9.17, 15) is 4.79 Å². The summed E-state index contributed by atoms with van der Waals surface area (Å²) < 4.78 is 11.9. The quantitative estimate of drug-likeness (QED) is 0.534. The fraction of sp³-hybridized carbons (Fsp3) is 0.400. The van der Waals surface area contributed by atoms with Gasteiger partial charge in [0.1, 0.15) is 0 Å². The summed E-state index contributed by atoms with van der Waals surface area (Å²) in [5, 5.41) is 7.27. The Labute approximate surface area is 192 Å². The standard InChI is InChI=1S/C25H29BrN2O3/c1-13-7-17-18(8-14(13)2)28-23(15-9-16(26)24(31-6)21(10-15)30-5)22-19(27-17)11-25(3,4)12-20(22)29/h7-10,23,27-28H,11-12H2,1-6H3/t23-/m1/s1. The van der Waals surface area contributed by atoms with Crippen LogP contribution in [0.15, 0.2) is 40.0 Å². The molecule has 0 aromatic heterocycles. The van der Waals surface area contributed by atoms with E-state index in [1.165, 1.54) is 11.1 Å². The number of carbonyl (C=O) groups excluding carboxylic acids is 1. The Morgan fingerprint density at radius 2 is 1.68 bits per heavy atom. The van der Waals surface area contributed by atoms with Crippen molar-refractivity contribution in [3.63, 3.8) is 0 Å². The van der Waals surface area contributed by atoms with Gasteiger partial charge in [0.25, 0.3) is 0 Å². The van der Waals surface area contributed by atoms with Gasteiger partial charge in [-0.05, 0) is 82.6 Å². The van der Waals surface area contributed by atoms with Gasteiger partial charge in [0.2, 0.25) is 0 Å². The zero-order valence-electron chi connectivity index (χ0n) is 18.9. The van der Waals surface area contributed by atoms with E-state index >= 15 is 0 Å². The number of aryl methyl sites for hydroxylation is 2. The topological polar surface area (TPSA) is 59.6 Å². The number of halogens is 1. The molecule has 1 aliphatic carbocycles. The van der Waals surface area contributed by atoms with Gasteiger partial charge in [-0.1, -0.05) is 13.8 Å². The number of methoxy groups -OCH3 is 2. The average molecular weight is 485 g/mol. The van der Waals surface area contributed by atoms with E-state index < -0.39 is 0 Å². The fourth-order valence-corrected chi connectivity index (χ4v) is 5.19. The van der Waals surface area contributed by atoms with E-state index in [0.717, 1.165) is 39.1 Å². The first kappa shape index (κ1) is 21.8. The van der Waals surface area contributed by atoms with Crippen molar-refractivity contribution < 1.29 is 14.3 Å². The summed E-state index contributed by atoms with van der Waals surface area (Å²) in [5.41, 5.74) is 7.04. The Bertz CT molecular complexity index is 1100. The Morgan fingerprint density at radius 1 is 1.00 bits per heavy atom. The van der Waals surface area contributed by atoms with Crippen molar-refractivity contribution in [2.75, 3.05) is 24.9 Å². The highest BCUT2D eigenvalue weighted by Crippen LogP contribution is 2.47. The lowest BCUT2D eigenvalue weighted by atomic mass is 9.73. The maximum Gasteiger partial charge on any atom is 0.174 e. The minimum atomic E-state index is -0.300. The Morgan fingerprint density at radius 3 is 2.32 bits per heavy atom. The van der Waals surface area contributed by atoms with Crippen LogP contribution in [0, 0.1) is 19.3 Å². The normalized spacial score (nSPS) is 19.6. The molecular formula is C25H29BrN2O3. The van der Waals surface area contributed by atoms with Crippen LogP contribution in [0.1, 0.15) is 49.4 Å². The lowest BCUT2D eigenvalue weighted by Gasteiger charge is -2.34. The SMILES string of the molecule is COc1cc([C@H]2Nc3cc(C)c(C)cc3NC3=C2C(=O)CC(C)(C)C3)cc(Br)c1OC. The molecule has 1 atom stereocenters. The lowest BCUT2D eigenvalue weighted by Crippen LogP contribution is -2.31. The number of Topliss-reactive ketones (excluding diaryl/α,β-unsaturated/α-hetero) is 1. The highest BCUT2D eigenvalue weighted by atomic mass is 79.9. The van der Waals surface area contributed by atoms with E-state index in [1.54, 1.807) is 14.2 Å². The van der Waals surface area contributed by atoms with Crippen LogP contribution in [0.5, 0.6) is 11.5 Å². The second-order valence-electron chi connectivity index (χ2n) is 9.26. The zero-order valence-corrected chi connectivity index (χ0v) is 20.5. The zero-order chi connectivity index (χ0) is 22.5. The summed E-state index contributed by atoms with van der Waals surface area (Å²) in [5.74, 6) is 1.43. The molecule has 31 heavy (non-hydrogen) atoms. The number of ketones is 1. The maximum atomic E-state index is 13.4. The summed E-state index contributed by atoms with van der Waals surface area (Å²) >= 11 is 3.61. The smallest absolute Gasteiger partial charge is 0.174 e. The fourth-order valence-electron chi connectivity index (χ4n) is 4.56. The van der Waals surface area contributed by atoms with Crippen LogP contribution in [0.25, 0.3) is 0 Å². The molecule has 0 unspecified atom stereocenters. The molecule has 2 aliphatic rings. The molecule has 2 aromatic carbocycles. The molecule has 0 bridgehead atoms. The number of carbonyl (C=O) groups is 1. The summed E-state index contributed by atoms with van der Waals surface area (Å²) in [7, 11) is 3.24. The molecule has 2 aromatic rings. The van der Waals surface area contributed by atoms with E-state index in [4.69, 9.17) is 9.47 Å². The number of nitrogens with one attached hydrogen (secondary N) is 2. The Balaban J connectivity index is 1.93. The number of hydrogen-bond donors (Lipinski definition) is 2. The van der Waals surface area contributed by atoms with E-state index in [-0.39, 0.29) is 17.2 Å². The van der Waals surface area contributed by atoms with Gasteiger partial charge in [0, 0.05) is 17.7 Å². The molecule has 2 N–H and O–H groups in total. The summed E-state index contributed by atoms with van der Waals surface area (Å²) in [6.07, 6.45) is 1.33. The number of hydrogen-bond acceptors (Lipinski definition) is 5. The van der Waals surface area contributed by atoms with Gasteiger partial charge in [-0.3, -0.25) is 4.79 Å². The molecule has 0 radical (unpaired) electrons. The van der Waals surface area contributed by atoms with Crippen LogP contribution in [-0.2, 0) is 4.79 Å². The molecule has 1 aliphatic heterocycles. The molecule has 5 nitrogen and oxygen atoms in total. The summed E-state index contributed by atoms with van der Waals surface area (Å²) in [4.78, 5) is 13.4. The van der Waals surface area contributed by atoms with Crippen molar-refractivity contribution in [3.8, 4) is 11.5 Å². The molecule has 0 spiro atoms. The second kappa shape index (κ2) is 7.90. The predicted molar refractivity (Wildman–Crippen MR) is 128 cm³/mol. The lowest BCUT2D eigenvalue weighted by molar-refractivity contribution is -0.118. The highest BCUT2D eigenvalue weighted by Gasteiger charge is 2.39. The van der Waals surface area contributed by atoms with Gasteiger partial charge in [-0.25, -0.2) is 0 Å². The predicted octanol–water partition coefficient (Wildman–Crippen LogP) is 6.31. The largest absolute Gasteiger partial charge is 0.493 e. The van der Waals surface area contributed by atoms with Gasteiger partial charge in [0.05, 0.1) is 36.1 Å². The number of fused-ring (bicyclic) bond motifs is 1. The first-order valence-corrected chi connectivity index (χ1v) is 11.3. The van der Waals surface area contributed by atoms with Crippen LogP contribution in [0.4, 0.5) is 11.4 Å². The van der Waals surface area contributed by atoms with E-state index in [0.29, 0.717) is 17.9 Å². The monoisotopic (exact) mass is 484 g/mol. The van der Waals surface area contributed by atoms with E-state index in [2.05, 4.69) is 66.4 Å². The molecule has 0 saturated carbocycles. The molecule has 0 amide bonds. The number of rotatable bonds is 3. The maximum absolute atomic E-state index is 13.4. The van der Waals surface area contributed by atoms with Crippen molar-refractivity contribution in [3.05, 3.63) is 56.7 Å². The number of benzene rings is 2. The van der Waals surface area contributed by atoms with Crippen LogP contribution >= 0.6 is 15.9 Å². The van der Waals surface area contributed by atoms with Crippen LogP contribution < -0.4 is 20.1 Å². The van der Waals surface area contributed by atoms with Gasteiger partial charge in [-0.2, -0.15) is 0 Å². The summed E-state index contributed by atoms with van der Waals surface area (Å²) in [6, 6.07) is 7.95. The van der Waals surface area contributed by atoms with E-state index in [1.807, 2.05) is 12.1 Å². The van der Waals surface area contributed by atoms with Crippen LogP contribution in [-0.4, -0.2) is 20.0 Å². The number of anilines is 2. The molecule has 1 heterocycles. The second-order valence-corrected chi connectivity index (χ2v) is 10.1. The molecule has 0 saturated heterocycles. The summed E-state index contributed by atoms with van der Waals surface area (Å²) in [6.45, 7) is 8.51. The van der Waals surface area contributed by atoms with Crippen molar-refractivity contribution in [1.29, 1.82) is 0 Å². The minimum absolute atomic E-state index is 0.0874. The van der Waals surface area contributed by atoms with Crippen LogP contribution in [0.2, 0.25) is 0 Å². The first-order chi connectivity index (χ1) is 14.6. The van der Waals surface area contributed by atoms with Crippen molar-refractivity contribution in [1.82, 2.24) is 0 Å². The highest BCUT2D eigenvalue weighted by molar-refractivity contribution is 9.10. The van der Waals surface area contributed by atoms with Gasteiger partial charge in [0.15, 0.2) is 17.3 Å². The minimum Gasteiger partial charge on any atom is -0.493 e. The molecular weight excluding hydrogens is 456 g/mol. The third-order valence-electron chi connectivity index (χ3n) is 6.22. The number of ether oxygens (including phenoxy) is 2. The Hall–Kier alpha value is -2.47. The van der Waals surface area contributed by atoms with Crippen molar-refractivity contribution in [2.24, 2.45) is 5.41 Å². The molecule has 164 valence electrons.